The first-order valence-electron chi connectivity index (χ1n) is 14.8. The molecule has 2 aliphatic rings. The molecule has 0 atom stereocenters. The molecule has 2 aliphatic heterocycles. The van der Waals surface area contributed by atoms with E-state index in [0.717, 1.165) is 87.5 Å². The predicted octanol–water partition coefficient (Wildman–Crippen LogP) is 6.97. The molecular formula is C32H43Cl2N3O4. The van der Waals surface area contributed by atoms with Crippen LogP contribution in [0.4, 0.5) is 11.4 Å². The van der Waals surface area contributed by atoms with E-state index < -0.39 is 5.41 Å². The van der Waals surface area contributed by atoms with Crippen molar-refractivity contribution in [3.63, 3.8) is 0 Å². The average molecular weight is 605 g/mol. The van der Waals surface area contributed by atoms with Gasteiger partial charge >= 0.3 is 5.97 Å². The second-order valence-corrected chi connectivity index (χ2v) is 12.4. The number of esters is 1. The molecule has 0 saturated carbocycles. The smallest absolute Gasteiger partial charge is 0.313 e. The zero-order valence-corrected chi connectivity index (χ0v) is 26.1. The summed E-state index contributed by atoms with van der Waals surface area (Å²) in [5.41, 5.74) is 2.28. The second-order valence-electron chi connectivity index (χ2n) is 11.6. The number of aryl methyl sites for hydroxylation is 1. The van der Waals surface area contributed by atoms with E-state index in [2.05, 4.69) is 16.7 Å². The Labute approximate surface area is 254 Å². The molecule has 41 heavy (non-hydrogen) atoms. The van der Waals surface area contributed by atoms with Crippen molar-refractivity contribution >= 4 is 46.5 Å². The quantitative estimate of drug-likeness (QED) is 0.182. The molecule has 7 nitrogen and oxygen atoms in total. The zero-order valence-electron chi connectivity index (χ0n) is 24.6. The van der Waals surface area contributed by atoms with Crippen LogP contribution in [0.25, 0.3) is 0 Å². The van der Waals surface area contributed by atoms with Crippen LogP contribution in [-0.4, -0.2) is 62.8 Å². The van der Waals surface area contributed by atoms with E-state index in [0.29, 0.717) is 29.5 Å². The number of hydrogen-bond acceptors (Lipinski definition) is 6. The Morgan fingerprint density at radius 3 is 2.51 bits per heavy atom. The second kappa shape index (κ2) is 14.6. The van der Waals surface area contributed by atoms with Crippen molar-refractivity contribution in [3.8, 4) is 5.75 Å². The van der Waals surface area contributed by atoms with Gasteiger partial charge in [-0.2, -0.15) is 0 Å². The van der Waals surface area contributed by atoms with Gasteiger partial charge in [-0.25, -0.2) is 0 Å². The number of ether oxygens (including phenoxy) is 2. The standard InChI is InChI=1S/C32H43Cl2N3O4/c1-4-5-15-32(2,3)31(39)41-23-37-28-22-25(13-11-24(28)12-14-29(37)38)40-21-7-6-16-35-17-19-36(20-18-35)27-10-8-9-26(33)30(27)34/h8-11,13,22H,4-7,12,14-21,23H2,1-3H3. The molecule has 4 rings (SSSR count). The number of halogens is 2. The van der Waals surface area contributed by atoms with Gasteiger partial charge in [-0.1, -0.05) is 55.1 Å². The van der Waals surface area contributed by atoms with Gasteiger partial charge in [0.15, 0.2) is 6.73 Å². The maximum Gasteiger partial charge on any atom is 0.313 e. The van der Waals surface area contributed by atoms with E-state index in [4.69, 9.17) is 32.7 Å². The van der Waals surface area contributed by atoms with E-state index in [9.17, 15) is 9.59 Å². The molecular weight excluding hydrogens is 561 g/mol. The Bertz CT molecular complexity index is 1200. The van der Waals surface area contributed by atoms with Gasteiger partial charge in [0.2, 0.25) is 5.91 Å². The van der Waals surface area contributed by atoms with Crippen LogP contribution >= 0.6 is 23.2 Å². The fourth-order valence-corrected chi connectivity index (χ4v) is 5.78. The molecule has 2 aromatic carbocycles. The molecule has 1 saturated heterocycles. The number of benzene rings is 2. The number of rotatable bonds is 13. The van der Waals surface area contributed by atoms with E-state index in [-0.39, 0.29) is 18.6 Å². The highest BCUT2D eigenvalue weighted by Gasteiger charge is 2.31. The number of unbranched alkanes of at least 4 members (excludes halogenated alkanes) is 2. The lowest BCUT2D eigenvalue weighted by Crippen LogP contribution is -2.46. The molecule has 9 heteroatoms. The van der Waals surface area contributed by atoms with Crippen molar-refractivity contribution in [1.82, 2.24) is 4.90 Å². The molecule has 0 aromatic heterocycles. The van der Waals surface area contributed by atoms with E-state index in [1.54, 1.807) is 4.90 Å². The fraction of sp³-hybridized carbons (Fsp3) is 0.562. The molecule has 0 N–H and O–H groups in total. The van der Waals surface area contributed by atoms with Gasteiger partial charge in [0.25, 0.3) is 0 Å². The first kappa shape index (κ1) is 31.5. The first-order chi connectivity index (χ1) is 19.7. The van der Waals surface area contributed by atoms with Crippen LogP contribution in [-0.2, 0) is 20.7 Å². The number of carbonyl (C=O) groups excluding carboxylic acids is 2. The van der Waals surface area contributed by atoms with Crippen LogP contribution in [0.2, 0.25) is 10.0 Å². The Hall–Kier alpha value is -2.48. The summed E-state index contributed by atoms with van der Waals surface area (Å²) in [7, 11) is 0. The minimum atomic E-state index is -0.569. The summed E-state index contributed by atoms with van der Waals surface area (Å²) in [6.07, 6.45) is 5.81. The average Bonchev–Trinajstić information content (AvgIpc) is 2.97. The van der Waals surface area contributed by atoms with Crippen molar-refractivity contribution in [2.75, 3.05) is 55.9 Å². The highest BCUT2D eigenvalue weighted by Crippen LogP contribution is 2.34. The normalized spacial score (nSPS) is 16.1. The lowest BCUT2D eigenvalue weighted by atomic mass is 9.87. The van der Waals surface area contributed by atoms with E-state index in [1.165, 1.54) is 0 Å². The topological polar surface area (TPSA) is 62.3 Å². The predicted molar refractivity (Wildman–Crippen MR) is 166 cm³/mol. The van der Waals surface area contributed by atoms with Gasteiger partial charge in [0, 0.05) is 38.7 Å². The van der Waals surface area contributed by atoms with Crippen LogP contribution in [0.15, 0.2) is 36.4 Å². The summed E-state index contributed by atoms with van der Waals surface area (Å²) in [5, 5.41) is 1.22. The van der Waals surface area contributed by atoms with Gasteiger partial charge in [-0.05, 0) is 69.8 Å². The summed E-state index contributed by atoms with van der Waals surface area (Å²) in [6.45, 7) is 11.3. The third kappa shape index (κ3) is 8.30. The number of hydrogen-bond donors (Lipinski definition) is 0. The minimum absolute atomic E-state index is 0.0356. The van der Waals surface area contributed by atoms with Crippen molar-refractivity contribution in [3.05, 3.63) is 52.0 Å². The van der Waals surface area contributed by atoms with E-state index in [1.807, 2.05) is 50.2 Å². The van der Waals surface area contributed by atoms with Crippen molar-refractivity contribution in [2.45, 2.75) is 65.7 Å². The van der Waals surface area contributed by atoms with Crippen molar-refractivity contribution in [2.24, 2.45) is 5.41 Å². The van der Waals surface area contributed by atoms with Gasteiger partial charge in [0.1, 0.15) is 5.75 Å². The summed E-state index contributed by atoms with van der Waals surface area (Å²) < 4.78 is 11.7. The molecule has 2 aromatic rings. The van der Waals surface area contributed by atoms with Gasteiger partial charge in [-0.15, -0.1) is 0 Å². The molecule has 0 aliphatic carbocycles. The minimum Gasteiger partial charge on any atom is -0.494 e. The maximum absolute atomic E-state index is 12.8. The maximum atomic E-state index is 12.8. The van der Waals surface area contributed by atoms with Crippen LogP contribution < -0.4 is 14.5 Å². The Kier molecular flexibility index (Phi) is 11.2. The Balaban J connectivity index is 1.22. The van der Waals surface area contributed by atoms with E-state index >= 15 is 0 Å². The number of piperazine rings is 1. The first-order valence-corrected chi connectivity index (χ1v) is 15.6. The largest absolute Gasteiger partial charge is 0.494 e. The van der Waals surface area contributed by atoms with Gasteiger partial charge in [-0.3, -0.25) is 19.4 Å². The summed E-state index contributed by atoms with van der Waals surface area (Å²) in [6, 6.07) is 11.7. The highest BCUT2D eigenvalue weighted by molar-refractivity contribution is 6.43. The van der Waals surface area contributed by atoms with Crippen LogP contribution in [0, 0.1) is 5.41 Å². The lowest BCUT2D eigenvalue weighted by Gasteiger charge is -2.36. The zero-order chi connectivity index (χ0) is 29.4. The number of carbonyl (C=O) groups is 2. The summed E-state index contributed by atoms with van der Waals surface area (Å²) in [5.74, 6) is 0.421. The molecule has 0 radical (unpaired) electrons. The van der Waals surface area contributed by atoms with Crippen LogP contribution in [0.3, 0.4) is 0 Å². The number of amides is 1. The number of fused-ring (bicyclic) bond motifs is 1. The Morgan fingerprint density at radius 1 is 0.976 bits per heavy atom. The lowest BCUT2D eigenvalue weighted by molar-refractivity contribution is -0.154. The number of nitrogens with zero attached hydrogens (tertiary/aromatic N) is 3. The third-order valence-electron chi connectivity index (χ3n) is 8.07. The van der Waals surface area contributed by atoms with Crippen molar-refractivity contribution < 1.29 is 19.1 Å². The number of anilines is 2. The SMILES string of the molecule is CCCCC(C)(C)C(=O)OCN1C(=O)CCc2ccc(OCCCCN3CCN(c4cccc(Cl)c4Cl)CC3)cc21. The van der Waals surface area contributed by atoms with Crippen molar-refractivity contribution in [1.29, 1.82) is 0 Å². The van der Waals surface area contributed by atoms with Crippen LogP contribution in [0.1, 0.15) is 64.9 Å². The van der Waals surface area contributed by atoms with Gasteiger partial charge in [0.05, 0.1) is 33.4 Å². The molecule has 1 amide bonds. The molecule has 1 fully saturated rings. The Morgan fingerprint density at radius 2 is 1.76 bits per heavy atom. The monoisotopic (exact) mass is 603 g/mol. The molecule has 224 valence electrons. The van der Waals surface area contributed by atoms with Crippen LogP contribution in [0.5, 0.6) is 5.75 Å². The molecule has 2 heterocycles. The molecule has 0 unspecified atom stereocenters. The molecule has 0 spiro atoms. The fourth-order valence-electron chi connectivity index (χ4n) is 5.36. The van der Waals surface area contributed by atoms with Gasteiger partial charge < -0.3 is 14.4 Å². The molecule has 0 bridgehead atoms. The third-order valence-corrected chi connectivity index (χ3v) is 8.88. The highest BCUT2D eigenvalue weighted by atomic mass is 35.5. The summed E-state index contributed by atoms with van der Waals surface area (Å²) >= 11 is 12.6. The summed E-state index contributed by atoms with van der Waals surface area (Å²) in [4.78, 5) is 31.8.